The predicted octanol–water partition coefficient (Wildman–Crippen LogP) is 3.79. The second-order valence-electron chi connectivity index (χ2n) is 8.20. The molecule has 1 aliphatic carbocycles. The van der Waals surface area contributed by atoms with Crippen molar-refractivity contribution >= 4 is 5.69 Å². The molecule has 3 heterocycles. The number of rotatable bonds is 2. The van der Waals surface area contributed by atoms with Crippen LogP contribution in [-0.2, 0) is 5.41 Å². The van der Waals surface area contributed by atoms with Crippen molar-refractivity contribution in [3.05, 3.63) is 23.8 Å². The van der Waals surface area contributed by atoms with Crippen molar-refractivity contribution in [3.8, 4) is 5.75 Å². The molecule has 124 valence electrons. The summed E-state index contributed by atoms with van der Waals surface area (Å²) < 4.78 is 5.57. The quantitative estimate of drug-likeness (QED) is 0.899. The second kappa shape index (κ2) is 4.66. The van der Waals surface area contributed by atoms with Crippen molar-refractivity contribution in [2.24, 2.45) is 5.41 Å². The highest BCUT2D eigenvalue weighted by atomic mass is 16.5. The van der Waals surface area contributed by atoms with Crippen molar-refractivity contribution in [1.29, 1.82) is 0 Å². The first-order valence-electron chi connectivity index (χ1n) is 9.43. The Labute approximate surface area is 139 Å². The maximum absolute atomic E-state index is 5.57. The van der Waals surface area contributed by atoms with Gasteiger partial charge in [-0.05, 0) is 80.8 Å². The molecule has 1 spiro atoms. The van der Waals surface area contributed by atoms with Crippen molar-refractivity contribution in [2.45, 2.75) is 62.9 Å². The van der Waals surface area contributed by atoms with Crippen molar-refractivity contribution in [3.63, 3.8) is 0 Å². The standard InChI is InChI=1S/C20H28N2O/c1-3-19-8-4-11-22-12-10-20(18(19)22)15-13-14(23-2)5-6-16(15)21-17(20)7-9-19/h5-6,13,17-18,21H,3-4,7-12H2,1-2H3. The summed E-state index contributed by atoms with van der Waals surface area (Å²) in [4.78, 5) is 2.84. The van der Waals surface area contributed by atoms with Crippen LogP contribution in [0.3, 0.4) is 0 Å². The Balaban J connectivity index is 1.70. The summed E-state index contributed by atoms with van der Waals surface area (Å²) in [6.07, 6.45) is 8.20. The van der Waals surface area contributed by atoms with Gasteiger partial charge in [0, 0.05) is 23.2 Å². The van der Waals surface area contributed by atoms with Gasteiger partial charge < -0.3 is 10.1 Å². The third-order valence-corrected chi connectivity index (χ3v) is 7.68. The van der Waals surface area contributed by atoms with E-state index in [1.807, 2.05) is 0 Å². The van der Waals surface area contributed by atoms with Crippen LogP contribution in [0.5, 0.6) is 5.75 Å². The molecule has 3 nitrogen and oxygen atoms in total. The van der Waals surface area contributed by atoms with Crippen molar-refractivity contribution in [1.82, 2.24) is 4.90 Å². The van der Waals surface area contributed by atoms with Gasteiger partial charge in [0.15, 0.2) is 0 Å². The molecular weight excluding hydrogens is 284 g/mol. The van der Waals surface area contributed by atoms with Crippen LogP contribution >= 0.6 is 0 Å². The lowest BCUT2D eigenvalue weighted by Gasteiger charge is -2.58. The third kappa shape index (κ3) is 1.60. The molecule has 0 radical (unpaired) electrons. The highest BCUT2D eigenvalue weighted by molar-refractivity contribution is 5.66. The lowest BCUT2D eigenvalue weighted by molar-refractivity contribution is -0.0309. The zero-order valence-corrected chi connectivity index (χ0v) is 14.4. The van der Waals surface area contributed by atoms with E-state index in [4.69, 9.17) is 4.74 Å². The smallest absolute Gasteiger partial charge is 0.119 e. The molecule has 4 aliphatic rings. The van der Waals surface area contributed by atoms with Gasteiger partial charge in [-0.25, -0.2) is 0 Å². The minimum Gasteiger partial charge on any atom is -0.497 e. The minimum atomic E-state index is 0.318. The molecule has 4 unspecified atom stereocenters. The molecular formula is C20H28N2O. The van der Waals surface area contributed by atoms with Gasteiger partial charge in [0.05, 0.1) is 7.11 Å². The summed E-state index contributed by atoms with van der Waals surface area (Å²) in [6.45, 7) is 5.02. The Morgan fingerprint density at radius 3 is 3.00 bits per heavy atom. The average Bonchev–Trinajstić information content (AvgIpc) is 3.15. The molecule has 5 rings (SSSR count). The number of piperidine rings is 1. The number of nitrogens with one attached hydrogen (secondary N) is 1. The van der Waals surface area contributed by atoms with Crippen LogP contribution in [0.1, 0.15) is 51.0 Å². The van der Waals surface area contributed by atoms with E-state index in [9.17, 15) is 0 Å². The Kier molecular flexibility index (Phi) is 2.87. The molecule has 1 aromatic carbocycles. The summed E-state index contributed by atoms with van der Waals surface area (Å²) >= 11 is 0. The number of benzene rings is 1. The topological polar surface area (TPSA) is 24.5 Å². The van der Waals surface area contributed by atoms with Gasteiger partial charge in [-0.15, -0.1) is 0 Å². The molecule has 2 saturated heterocycles. The number of anilines is 1. The van der Waals surface area contributed by atoms with E-state index >= 15 is 0 Å². The first-order valence-corrected chi connectivity index (χ1v) is 9.43. The number of hydrogen-bond acceptors (Lipinski definition) is 3. The van der Waals surface area contributed by atoms with Crippen LogP contribution in [0.4, 0.5) is 5.69 Å². The predicted molar refractivity (Wildman–Crippen MR) is 93.3 cm³/mol. The third-order valence-electron chi connectivity index (χ3n) is 7.68. The zero-order chi connectivity index (χ0) is 15.7. The van der Waals surface area contributed by atoms with E-state index in [-0.39, 0.29) is 0 Å². The Morgan fingerprint density at radius 2 is 2.17 bits per heavy atom. The fraction of sp³-hybridized carbons (Fsp3) is 0.700. The average molecular weight is 312 g/mol. The largest absolute Gasteiger partial charge is 0.497 e. The van der Waals surface area contributed by atoms with Crippen LogP contribution in [0, 0.1) is 5.41 Å². The molecule has 4 atom stereocenters. The Hall–Kier alpha value is -1.22. The van der Waals surface area contributed by atoms with Crippen LogP contribution in [0.2, 0.25) is 0 Å². The van der Waals surface area contributed by atoms with Gasteiger partial charge in [0.1, 0.15) is 5.75 Å². The van der Waals surface area contributed by atoms with Crippen LogP contribution in [0.25, 0.3) is 0 Å². The summed E-state index contributed by atoms with van der Waals surface area (Å²) in [5.74, 6) is 1.02. The molecule has 3 fully saturated rings. The molecule has 3 aliphatic heterocycles. The van der Waals surface area contributed by atoms with Gasteiger partial charge >= 0.3 is 0 Å². The number of nitrogens with zero attached hydrogens (tertiary/aromatic N) is 1. The van der Waals surface area contributed by atoms with E-state index in [0.29, 0.717) is 16.9 Å². The van der Waals surface area contributed by atoms with Crippen molar-refractivity contribution < 1.29 is 4.74 Å². The summed E-state index contributed by atoms with van der Waals surface area (Å²) in [6, 6.07) is 8.05. The molecule has 0 aromatic heterocycles. The number of methoxy groups -OCH3 is 1. The van der Waals surface area contributed by atoms with E-state index in [2.05, 4.69) is 35.3 Å². The maximum Gasteiger partial charge on any atom is 0.119 e. The maximum atomic E-state index is 5.57. The molecule has 1 saturated carbocycles. The Morgan fingerprint density at radius 1 is 1.26 bits per heavy atom. The molecule has 0 amide bonds. The van der Waals surface area contributed by atoms with Gasteiger partial charge in [-0.3, -0.25) is 4.90 Å². The molecule has 1 N–H and O–H groups in total. The lowest BCUT2D eigenvalue weighted by atomic mass is 9.52. The summed E-state index contributed by atoms with van der Waals surface area (Å²) in [5, 5.41) is 3.90. The van der Waals surface area contributed by atoms with Gasteiger partial charge in [-0.1, -0.05) is 6.92 Å². The first-order chi connectivity index (χ1) is 11.2. The summed E-state index contributed by atoms with van der Waals surface area (Å²) in [7, 11) is 1.79. The molecule has 3 heteroatoms. The van der Waals surface area contributed by atoms with Crippen LogP contribution in [-0.4, -0.2) is 37.2 Å². The first kappa shape index (κ1) is 14.2. The van der Waals surface area contributed by atoms with E-state index < -0.39 is 0 Å². The Bertz CT molecular complexity index is 645. The van der Waals surface area contributed by atoms with Crippen molar-refractivity contribution in [2.75, 3.05) is 25.5 Å². The normalized spacial score (nSPS) is 41.0. The highest BCUT2D eigenvalue weighted by Crippen LogP contribution is 2.64. The fourth-order valence-electron chi connectivity index (χ4n) is 6.75. The lowest BCUT2D eigenvalue weighted by Crippen LogP contribution is -2.63. The van der Waals surface area contributed by atoms with E-state index in [1.165, 1.54) is 57.3 Å². The van der Waals surface area contributed by atoms with Gasteiger partial charge in [0.2, 0.25) is 0 Å². The number of ether oxygens (including phenoxy) is 1. The highest BCUT2D eigenvalue weighted by Gasteiger charge is 2.66. The second-order valence-corrected chi connectivity index (χ2v) is 8.20. The monoisotopic (exact) mass is 312 g/mol. The zero-order valence-electron chi connectivity index (χ0n) is 14.4. The molecule has 0 bridgehead atoms. The van der Waals surface area contributed by atoms with E-state index in [1.54, 1.807) is 12.7 Å². The van der Waals surface area contributed by atoms with Crippen LogP contribution in [0.15, 0.2) is 18.2 Å². The van der Waals surface area contributed by atoms with Gasteiger partial charge in [0.25, 0.3) is 0 Å². The SMILES string of the molecule is CCC12CCCN3CCC4(c5cc(OC)ccc5NC4CC1)C32. The molecule has 1 aromatic rings. The molecule has 23 heavy (non-hydrogen) atoms. The number of hydrogen-bond donors (Lipinski definition) is 1. The number of fused-ring (bicyclic) bond motifs is 1. The summed E-state index contributed by atoms with van der Waals surface area (Å²) in [5.41, 5.74) is 3.78. The fourth-order valence-corrected chi connectivity index (χ4v) is 6.75. The van der Waals surface area contributed by atoms with Crippen LogP contribution < -0.4 is 10.1 Å². The van der Waals surface area contributed by atoms with Gasteiger partial charge in [-0.2, -0.15) is 0 Å². The van der Waals surface area contributed by atoms with E-state index in [0.717, 1.165) is 11.8 Å². The minimum absolute atomic E-state index is 0.318.